The number of hydrogen-bond donors (Lipinski definition) is 2. The SMILES string of the molecule is CCCCC/C=C\C/C=C\C/C=C\C/C=C\CCCC(=O)NCCc1ccc(O)c(C)c1. The number of unbranched alkanes of at least 4 members (excludes halogenated alkanes) is 4. The van der Waals surface area contributed by atoms with Gasteiger partial charge < -0.3 is 10.4 Å². The van der Waals surface area contributed by atoms with Crippen molar-refractivity contribution in [1.82, 2.24) is 5.32 Å². The third kappa shape index (κ3) is 15.3. The highest BCUT2D eigenvalue weighted by Crippen LogP contribution is 2.17. The molecule has 3 nitrogen and oxygen atoms in total. The van der Waals surface area contributed by atoms with Crippen LogP contribution in [0.2, 0.25) is 0 Å². The van der Waals surface area contributed by atoms with Crippen LogP contribution in [0.1, 0.15) is 82.3 Å². The van der Waals surface area contributed by atoms with Crippen molar-refractivity contribution in [1.29, 1.82) is 0 Å². The van der Waals surface area contributed by atoms with Gasteiger partial charge in [0.1, 0.15) is 5.75 Å². The molecule has 0 atom stereocenters. The van der Waals surface area contributed by atoms with Gasteiger partial charge in [0.25, 0.3) is 0 Å². The van der Waals surface area contributed by atoms with E-state index >= 15 is 0 Å². The third-order valence-electron chi connectivity index (χ3n) is 5.23. The summed E-state index contributed by atoms with van der Waals surface area (Å²) in [4.78, 5) is 11.9. The second kappa shape index (κ2) is 19.2. The average Bonchev–Trinajstić information content (AvgIpc) is 2.78. The number of aromatic hydroxyl groups is 1. The van der Waals surface area contributed by atoms with Crippen LogP contribution in [0.5, 0.6) is 5.75 Å². The average molecular weight is 438 g/mol. The van der Waals surface area contributed by atoms with Gasteiger partial charge in [0.15, 0.2) is 0 Å². The van der Waals surface area contributed by atoms with Crippen LogP contribution in [0, 0.1) is 6.92 Å². The number of carbonyl (C=O) groups excluding carboxylic acids is 1. The monoisotopic (exact) mass is 437 g/mol. The summed E-state index contributed by atoms with van der Waals surface area (Å²) < 4.78 is 0. The highest BCUT2D eigenvalue weighted by Gasteiger charge is 2.01. The first-order valence-electron chi connectivity index (χ1n) is 12.3. The summed E-state index contributed by atoms with van der Waals surface area (Å²) in [6.45, 7) is 4.75. The molecule has 1 amide bonds. The minimum atomic E-state index is 0.108. The molecule has 0 aliphatic rings. The van der Waals surface area contributed by atoms with Crippen molar-refractivity contribution in [3.63, 3.8) is 0 Å². The van der Waals surface area contributed by atoms with Gasteiger partial charge in [0.05, 0.1) is 0 Å². The van der Waals surface area contributed by atoms with E-state index in [4.69, 9.17) is 0 Å². The number of rotatable bonds is 17. The number of allylic oxidation sites excluding steroid dienone is 8. The topological polar surface area (TPSA) is 49.3 Å². The first-order valence-corrected chi connectivity index (χ1v) is 12.3. The molecule has 0 radical (unpaired) electrons. The van der Waals surface area contributed by atoms with Crippen LogP contribution >= 0.6 is 0 Å². The molecule has 1 aromatic rings. The predicted molar refractivity (Wildman–Crippen MR) is 138 cm³/mol. The van der Waals surface area contributed by atoms with Crippen LogP contribution in [0.4, 0.5) is 0 Å². The molecule has 1 rings (SSSR count). The van der Waals surface area contributed by atoms with Gasteiger partial charge in [-0.2, -0.15) is 0 Å². The molecular formula is C29H43NO2. The van der Waals surface area contributed by atoms with E-state index in [2.05, 4.69) is 60.8 Å². The summed E-state index contributed by atoms with van der Waals surface area (Å²) in [5.74, 6) is 0.422. The maximum atomic E-state index is 11.9. The van der Waals surface area contributed by atoms with Crippen molar-refractivity contribution in [2.75, 3.05) is 6.54 Å². The van der Waals surface area contributed by atoms with Gasteiger partial charge in [-0.25, -0.2) is 0 Å². The minimum Gasteiger partial charge on any atom is -0.508 e. The van der Waals surface area contributed by atoms with Gasteiger partial charge in [0.2, 0.25) is 5.91 Å². The van der Waals surface area contributed by atoms with E-state index in [-0.39, 0.29) is 5.91 Å². The van der Waals surface area contributed by atoms with E-state index in [1.807, 2.05) is 19.1 Å². The zero-order valence-electron chi connectivity index (χ0n) is 20.2. The fourth-order valence-corrected chi connectivity index (χ4v) is 3.25. The van der Waals surface area contributed by atoms with Crippen LogP contribution in [0.3, 0.4) is 0 Å². The number of carbonyl (C=O) groups is 1. The van der Waals surface area contributed by atoms with Crippen LogP contribution in [-0.4, -0.2) is 17.6 Å². The summed E-state index contributed by atoms with van der Waals surface area (Å²) in [6, 6.07) is 5.57. The third-order valence-corrected chi connectivity index (χ3v) is 5.23. The smallest absolute Gasteiger partial charge is 0.220 e. The molecule has 3 heteroatoms. The Labute approximate surface area is 196 Å². The van der Waals surface area contributed by atoms with Crippen molar-refractivity contribution in [3.8, 4) is 5.75 Å². The lowest BCUT2D eigenvalue weighted by atomic mass is 10.1. The zero-order chi connectivity index (χ0) is 23.3. The van der Waals surface area contributed by atoms with Crippen molar-refractivity contribution in [2.45, 2.75) is 84.5 Å². The molecule has 176 valence electrons. The summed E-state index contributed by atoms with van der Waals surface area (Å²) >= 11 is 0. The molecule has 32 heavy (non-hydrogen) atoms. The van der Waals surface area contributed by atoms with Crippen LogP contribution in [0.25, 0.3) is 0 Å². The Kier molecular flexibility index (Phi) is 16.5. The Morgan fingerprint density at radius 2 is 1.47 bits per heavy atom. The van der Waals surface area contributed by atoms with Gasteiger partial charge in [-0.3, -0.25) is 4.79 Å². The molecule has 0 saturated heterocycles. The maximum absolute atomic E-state index is 11.9. The number of phenols is 1. The van der Waals surface area contributed by atoms with E-state index in [1.54, 1.807) is 6.07 Å². The number of phenolic OH excluding ortho intramolecular Hbond substituents is 1. The van der Waals surface area contributed by atoms with E-state index in [9.17, 15) is 9.90 Å². The normalized spacial score (nSPS) is 12.1. The lowest BCUT2D eigenvalue weighted by molar-refractivity contribution is -0.121. The second-order valence-corrected chi connectivity index (χ2v) is 8.20. The Balaban J connectivity index is 1.97. The molecule has 0 aromatic heterocycles. The number of nitrogens with one attached hydrogen (secondary N) is 1. The largest absolute Gasteiger partial charge is 0.508 e. The predicted octanol–water partition coefficient (Wildman–Crippen LogP) is 7.51. The van der Waals surface area contributed by atoms with Gasteiger partial charge in [-0.1, -0.05) is 80.5 Å². The number of aryl methyl sites for hydroxylation is 1. The molecule has 2 N–H and O–H groups in total. The second-order valence-electron chi connectivity index (χ2n) is 8.20. The molecule has 0 spiro atoms. The van der Waals surface area contributed by atoms with Crippen molar-refractivity contribution < 1.29 is 9.90 Å². The quantitative estimate of drug-likeness (QED) is 0.196. The minimum absolute atomic E-state index is 0.108. The molecular weight excluding hydrogens is 394 g/mol. The summed E-state index contributed by atoms with van der Waals surface area (Å²) in [5, 5.41) is 12.5. The molecule has 1 aromatic carbocycles. The van der Waals surface area contributed by atoms with E-state index in [0.29, 0.717) is 18.7 Å². The molecule has 0 fully saturated rings. The van der Waals surface area contributed by atoms with Crippen LogP contribution < -0.4 is 5.32 Å². The summed E-state index contributed by atoms with van der Waals surface area (Å²) in [5.41, 5.74) is 1.99. The van der Waals surface area contributed by atoms with Gasteiger partial charge >= 0.3 is 0 Å². The van der Waals surface area contributed by atoms with E-state index in [1.165, 1.54) is 25.7 Å². The van der Waals surface area contributed by atoms with E-state index in [0.717, 1.165) is 49.7 Å². The van der Waals surface area contributed by atoms with Gasteiger partial charge in [0, 0.05) is 13.0 Å². The first kappa shape index (κ1) is 27.5. The molecule has 0 aliphatic carbocycles. The number of hydrogen-bond acceptors (Lipinski definition) is 2. The van der Waals surface area contributed by atoms with Gasteiger partial charge in [-0.05, 0) is 75.5 Å². The van der Waals surface area contributed by atoms with Crippen molar-refractivity contribution in [3.05, 3.63) is 77.9 Å². The molecule has 0 saturated carbocycles. The summed E-state index contributed by atoms with van der Waals surface area (Å²) in [6.07, 6.45) is 29.0. The Hall–Kier alpha value is -2.55. The van der Waals surface area contributed by atoms with E-state index < -0.39 is 0 Å². The molecule has 0 heterocycles. The Morgan fingerprint density at radius 1 is 0.875 bits per heavy atom. The lowest BCUT2D eigenvalue weighted by Crippen LogP contribution is -2.25. The fourth-order valence-electron chi connectivity index (χ4n) is 3.25. The number of benzene rings is 1. The maximum Gasteiger partial charge on any atom is 0.220 e. The Morgan fingerprint density at radius 3 is 2.06 bits per heavy atom. The zero-order valence-corrected chi connectivity index (χ0v) is 20.2. The molecule has 0 bridgehead atoms. The van der Waals surface area contributed by atoms with Crippen molar-refractivity contribution >= 4 is 5.91 Å². The lowest BCUT2D eigenvalue weighted by Gasteiger charge is -2.06. The van der Waals surface area contributed by atoms with Crippen molar-refractivity contribution in [2.24, 2.45) is 0 Å². The summed E-state index contributed by atoms with van der Waals surface area (Å²) in [7, 11) is 0. The standard InChI is InChI=1S/C29H43NO2/c1-3-4-5-6-7-8-9-10-11-12-13-14-15-16-17-18-19-20-29(32)30-24-23-27-21-22-28(31)26(2)25-27/h7-8,10-11,13-14,16-17,21-22,25,31H,3-6,9,12,15,18-20,23-24H2,1-2H3,(H,30,32)/b8-7-,11-10-,14-13-,17-16-. The molecule has 0 aliphatic heterocycles. The molecule has 0 unspecified atom stereocenters. The highest BCUT2D eigenvalue weighted by molar-refractivity contribution is 5.75. The first-order chi connectivity index (χ1) is 15.6. The van der Waals surface area contributed by atoms with Crippen LogP contribution in [0.15, 0.2) is 66.8 Å². The van der Waals surface area contributed by atoms with Gasteiger partial charge in [-0.15, -0.1) is 0 Å². The Bertz CT molecular complexity index is 744. The number of amides is 1. The van der Waals surface area contributed by atoms with Crippen LogP contribution in [-0.2, 0) is 11.2 Å². The fraction of sp³-hybridized carbons (Fsp3) is 0.483. The highest BCUT2D eigenvalue weighted by atomic mass is 16.3.